The van der Waals surface area contributed by atoms with Gasteiger partial charge in [-0.05, 0) is 62.7 Å². The minimum absolute atomic E-state index is 0.0450. The zero-order valence-corrected chi connectivity index (χ0v) is 22.6. The van der Waals surface area contributed by atoms with Crippen LogP contribution in [0.25, 0.3) is 11.0 Å². The molecule has 2 aromatic carbocycles. The number of carbonyl (C=O) groups excluding carboxylic acids is 1. The largest absolute Gasteiger partial charge is 0.481 e. The Morgan fingerprint density at radius 2 is 1.68 bits per heavy atom. The minimum atomic E-state index is -3.56. The van der Waals surface area contributed by atoms with Crippen LogP contribution in [-0.4, -0.2) is 35.2 Å². The molecule has 0 saturated heterocycles. The van der Waals surface area contributed by atoms with Gasteiger partial charge >= 0.3 is 13.5 Å². The number of hydrogen-bond donors (Lipinski definition) is 1. The number of rotatable bonds is 11. The number of nitrogens with zero attached hydrogens (tertiary/aromatic N) is 2. The summed E-state index contributed by atoms with van der Waals surface area (Å²) in [5, 5.41) is 3.62. The van der Waals surface area contributed by atoms with Gasteiger partial charge in [0.05, 0.1) is 24.8 Å². The number of ether oxygens (including phenoxy) is 3. The second-order valence-electron chi connectivity index (χ2n) is 8.85. The zero-order valence-electron chi connectivity index (χ0n) is 21.7. The highest BCUT2D eigenvalue weighted by molar-refractivity contribution is 7.56. The van der Waals surface area contributed by atoms with Gasteiger partial charge in [0, 0.05) is 12.3 Å². The maximum absolute atomic E-state index is 13.9. The molecular weight excluding hydrogens is 505 g/mol. The molecule has 1 unspecified atom stereocenters. The Kier molecular flexibility index (Phi) is 8.61. The Bertz CT molecular complexity index is 1430. The van der Waals surface area contributed by atoms with Crippen molar-refractivity contribution >= 4 is 24.5 Å². The van der Waals surface area contributed by atoms with Gasteiger partial charge < -0.3 is 18.7 Å². The average Bonchev–Trinajstić information content (AvgIpc) is 2.89. The lowest BCUT2D eigenvalue weighted by Crippen LogP contribution is -2.36. The van der Waals surface area contributed by atoms with Crippen molar-refractivity contribution in [1.29, 1.82) is 0 Å². The Balaban J connectivity index is 1.52. The molecule has 198 valence electrons. The van der Waals surface area contributed by atoms with E-state index in [1.807, 2.05) is 12.1 Å². The molecule has 0 saturated carbocycles. The van der Waals surface area contributed by atoms with Gasteiger partial charge in [0.1, 0.15) is 23.3 Å². The van der Waals surface area contributed by atoms with Crippen LogP contribution >= 0.6 is 7.52 Å². The molecule has 10 heteroatoms. The van der Waals surface area contributed by atoms with E-state index in [0.717, 1.165) is 10.9 Å². The van der Waals surface area contributed by atoms with E-state index in [2.05, 4.69) is 15.1 Å². The number of hydrogen-bond acceptors (Lipinski definition) is 8. The Morgan fingerprint density at radius 1 is 0.947 bits per heavy atom. The summed E-state index contributed by atoms with van der Waals surface area (Å²) in [5.74, 6) is 1.57. The first-order valence-electron chi connectivity index (χ1n) is 12.1. The molecule has 2 aromatic heterocycles. The molecule has 9 nitrogen and oxygen atoms in total. The van der Waals surface area contributed by atoms with Crippen LogP contribution in [0.3, 0.4) is 0 Å². The number of fused-ring (bicyclic) bond motifs is 1. The van der Waals surface area contributed by atoms with Crippen LogP contribution in [0.15, 0.2) is 79.0 Å². The molecule has 4 aromatic rings. The zero-order chi connectivity index (χ0) is 27.1. The van der Waals surface area contributed by atoms with E-state index in [4.69, 9.17) is 18.7 Å². The molecule has 4 rings (SSSR count). The summed E-state index contributed by atoms with van der Waals surface area (Å²) in [6, 6.07) is 20.5. The molecule has 38 heavy (non-hydrogen) atoms. The first kappa shape index (κ1) is 27.1. The van der Waals surface area contributed by atoms with Crippen LogP contribution in [0.1, 0.15) is 26.3 Å². The standard InChI is InChI=1S/C28H30N3O6P/c1-19(2)35-28(32)20(3)31-38(33,37-23-8-6-5-7-9-23)18-21-10-12-22(13-11-21)36-25-16-17-29-27-24(25)14-15-26(30-27)34-4/h5-17,19-20H,18H2,1-4H3,(H,31,33)/t20-,38?/m0/s1. The monoisotopic (exact) mass is 535 g/mol. The van der Waals surface area contributed by atoms with Gasteiger partial charge in [0.25, 0.3) is 0 Å². The molecule has 0 aliphatic heterocycles. The smallest absolute Gasteiger partial charge is 0.323 e. The lowest BCUT2D eigenvalue weighted by atomic mass is 10.2. The third-order valence-electron chi connectivity index (χ3n) is 5.38. The number of para-hydroxylation sites is 1. The minimum Gasteiger partial charge on any atom is -0.481 e. The van der Waals surface area contributed by atoms with Crippen LogP contribution in [-0.2, 0) is 20.3 Å². The molecule has 0 bridgehead atoms. The Morgan fingerprint density at radius 3 is 2.37 bits per heavy atom. The number of aromatic nitrogens is 2. The summed E-state index contributed by atoms with van der Waals surface area (Å²) in [7, 11) is -2.01. The summed E-state index contributed by atoms with van der Waals surface area (Å²) in [6.45, 7) is 5.12. The maximum atomic E-state index is 13.9. The predicted octanol–water partition coefficient (Wildman–Crippen LogP) is 6.13. The van der Waals surface area contributed by atoms with Gasteiger partial charge in [-0.15, -0.1) is 0 Å². The molecule has 0 radical (unpaired) electrons. The summed E-state index contributed by atoms with van der Waals surface area (Å²) < 4.78 is 36.4. The lowest BCUT2D eigenvalue weighted by Gasteiger charge is -2.24. The van der Waals surface area contributed by atoms with E-state index in [-0.39, 0.29) is 12.3 Å². The third kappa shape index (κ3) is 7.09. The molecule has 1 N–H and O–H groups in total. The van der Waals surface area contributed by atoms with Gasteiger partial charge in [0.2, 0.25) is 5.88 Å². The van der Waals surface area contributed by atoms with E-state index >= 15 is 0 Å². The van der Waals surface area contributed by atoms with Gasteiger partial charge in [-0.1, -0.05) is 30.3 Å². The highest BCUT2D eigenvalue weighted by Crippen LogP contribution is 2.47. The highest BCUT2D eigenvalue weighted by atomic mass is 31.2. The van der Waals surface area contributed by atoms with Crippen LogP contribution in [0.5, 0.6) is 23.1 Å². The number of nitrogens with one attached hydrogen (secondary N) is 1. The number of esters is 1. The van der Waals surface area contributed by atoms with E-state index in [0.29, 0.717) is 28.8 Å². The molecule has 0 aliphatic rings. The predicted molar refractivity (Wildman–Crippen MR) is 145 cm³/mol. The van der Waals surface area contributed by atoms with Crippen LogP contribution in [0.4, 0.5) is 0 Å². The summed E-state index contributed by atoms with van der Waals surface area (Å²) >= 11 is 0. The fraction of sp³-hybridized carbons (Fsp3) is 0.250. The molecule has 2 heterocycles. The average molecular weight is 536 g/mol. The van der Waals surface area contributed by atoms with Crippen molar-refractivity contribution in [3.05, 3.63) is 84.6 Å². The maximum Gasteiger partial charge on any atom is 0.323 e. The second-order valence-corrected chi connectivity index (χ2v) is 11.0. The van der Waals surface area contributed by atoms with Crippen LogP contribution in [0.2, 0.25) is 0 Å². The van der Waals surface area contributed by atoms with Gasteiger partial charge in [-0.25, -0.2) is 10.1 Å². The molecule has 0 fully saturated rings. The molecule has 0 amide bonds. The van der Waals surface area contributed by atoms with Crippen LogP contribution in [0, 0.1) is 0 Å². The van der Waals surface area contributed by atoms with E-state index in [1.54, 1.807) is 94.7 Å². The van der Waals surface area contributed by atoms with Crippen molar-refractivity contribution in [2.24, 2.45) is 0 Å². The molecule has 2 atom stereocenters. The van der Waals surface area contributed by atoms with Crippen molar-refractivity contribution in [2.75, 3.05) is 7.11 Å². The van der Waals surface area contributed by atoms with Crippen molar-refractivity contribution in [2.45, 2.75) is 39.1 Å². The number of methoxy groups -OCH3 is 1. The normalized spacial score (nSPS) is 13.5. The second kappa shape index (κ2) is 12.1. The van der Waals surface area contributed by atoms with Crippen LogP contribution < -0.4 is 19.1 Å². The molecule has 0 aliphatic carbocycles. The summed E-state index contributed by atoms with van der Waals surface area (Å²) in [6.07, 6.45) is 1.37. The Hall–Kier alpha value is -3.94. The quantitative estimate of drug-likeness (QED) is 0.179. The first-order chi connectivity index (χ1) is 18.2. The van der Waals surface area contributed by atoms with E-state index in [1.165, 1.54) is 0 Å². The first-order valence-corrected chi connectivity index (χ1v) is 13.9. The lowest BCUT2D eigenvalue weighted by molar-refractivity contribution is -0.149. The van der Waals surface area contributed by atoms with Gasteiger partial charge in [-0.2, -0.15) is 4.98 Å². The summed E-state index contributed by atoms with van der Waals surface area (Å²) in [4.78, 5) is 21.0. The fourth-order valence-corrected chi connectivity index (χ4v) is 5.72. The van der Waals surface area contributed by atoms with Gasteiger partial charge in [-0.3, -0.25) is 9.36 Å². The molecule has 0 spiro atoms. The molecular formula is C28H30N3O6P. The van der Waals surface area contributed by atoms with E-state index < -0.39 is 19.5 Å². The summed E-state index contributed by atoms with van der Waals surface area (Å²) in [5.41, 5.74) is 1.24. The van der Waals surface area contributed by atoms with Crippen molar-refractivity contribution in [1.82, 2.24) is 15.1 Å². The highest BCUT2D eigenvalue weighted by Gasteiger charge is 2.31. The number of benzene rings is 2. The van der Waals surface area contributed by atoms with Crippen molar-refractivity contribution in [3.8, 4) is 23.1 Å². The van der Waals surface area contributed by atoms with Crippen molar-refractivity contribution < 1.29 is 28.1 Å². The van der Waals surface area contributed by atoms with Crippen molar-refractivity contribution in [3.63, 3.8) is 0 Å². The van der Waals surface area contributed by atoms with E-state index in [9.17, 15) is 9.36 Å². The number of pyridine rings is 2. The van der Waals surface area contributed by atoms with Gasteiger partial charge in [0.15, 0.2) is 5.65 Å². The third-order valence-corrected chi connectivity index (χ3v) is 7.45. The SMILES string of the molecule is COc1ccc2c(Oc3ccc(CP(=O)(N[C@@H](C)C(=O)OC(C)C)Oc4ccccc4)cc3)ccnc2n1. The Labute approximate surface area is 221 Å². The fourth-order valence-electron chi connectivity index (χ4n) is 3.66. The number of carbonyl (C=O) groups is 1. The topological polar surface area (TPSA) is 109 Å².